The molecule has 6 heteroatoms. The summed E-state index contributed by atoms with van der Waals surface area (Å²) in [4.78, 5) is 12.5. The number of ether oxygens (including phenoxy) is 1. The van der Waals surface area contributed by atoms with E-state index in [1.807, 2.05) is 65.5 Å². The summed E-state index contributed by atoms with van der Waals surface area (Å²) >= 11 is 6.03. The number of hydrogen-bond donors (Lipinski definition) is 1. The summed E-state index contributed by atoms with van der Waals surface area (Å²) in [7, 11) is 0. The number of aromatic nitrogens is 2. The van der Waals surface area contributed by atoms with E-state index in [1.54, 1.807) is 0 Å². The van der Waals surface area contributed by atoms with Crippen LogP contribution in [-0.4, -0.2) is 34.9 Å². The first-order chi connectivity index (χ1) is 13.7. The fourth-order valence-corrected chi connectivity index (χ4v) is 3.50. The molecular formula is C22H22ClN3O2. The second-order valence-corrected chi connectivity index (χ2v) is 7.34. The summed E-state index contributed by atoms with van der Waals surface area (Å²) in [6.45, 7) is 1.34. The largest absolute Gasteiger partial charge is 0.376 e. The van der Waals surface area contributed by atoms with E-state index in [4.69, 9.17) is 21.4 Å². The second kappa shape index (κ2) is 8.59. The maximum Gasteiger partial charge on any atom is 0.224 e. The van der Waals surface area contributed by atoms with Gasteiger partial charge in [-0.25, -0.2) is 4.68 Å². The average molecular weight is 396 g/mol. The van der Waals surface area contributed by atoms with Crippen LogP contribution in [0.3, 0.4) is 0 Å². The van der Waals surface area contributed by atoms with Gasteiger partial charge in [0.25, 0.3) is 0 Å². The lowest BCUT2D eigenvalue weighted by molar-refractivity contribution is -0.120. The zero-order valence-electron chi connectivity index (χ0n) is 15.5. The highest BCUT2D eigenvalue weighted by atomic mass is 35.5. The first kappa shape index (κ1) is 18.7. The molecule has 1 amide bonds. The van der Waals surface area contributed by atoms with Crippen LogP contribution in [0.1, 0.15) is 18.4 Å². The predicted octanol–water partition coefficient (Wildman–Crippen LogP) is 4.03. The number of nitrogens with one attached hydrogen (secondary N) is 1. The minimum atomic E-state index is -0.0293. The van der Waals surface area contributed by atoms with E-state index in [0.717, 1.165) is 42.0 Å². The van der Waals surface area contributed by atoms with E-state index in [0.29, 0.717) is 11.6 Å². The third-order valence-corrected chi connectivity index (χ3v) is 5.08. The molecule has 1 N–H and O–H groups in total. The Balaban J connectivity index is 1.57. The Labute approximate surface area is 169 Å². The highest BCUT2D eigenvalue weighted by Crippen LogP contribution is 2.25. The molecule has 144 valence electrons. The van der Waals surface area contributed by atoms with Gasteiger partial charge in [0, 0.05) is 35.5 Å². The molecule has 0 aliphatic carbocycles. The van der Waals surface area contributed by atoms with Crippen LogP contribution in [-0.2, 0) is 16.0 Å². The van der Waals surface area contributed by atoms with E-state index in [9.17, 15) is 4.79 Å². The molecule has 0 radical (unpaired) electrons. The third-order valence-electron chi connectivity index (χ3n) is 4.83. The Morgan fingerprint density at radius 3 is 2.68 bits per heavy atom. The molecule has 3 aromatic rings. The lowest BCUT2D eigenvalue weighted by atomic mass is 10.1. The molecule has 2 aromatic carbocycles. The number of halogens is 1. The maximum absolute atomic E-state index is 12.5. The predicted molar refractivity (Wildman–Crippen MR) is 110 cm³/mol. The highest BCUT2D eigenvalue weighted by molar-refractivity contribution is 6.30. The molecular weight excluding hydrogens is 374 g/mol. The molecule has 1 aromatic heterocycles. The summed E-state index contributed by atoms with van der Waals surface area (Å²) in [5.74, 6) is -0.0293. The van der Waals surface area contributed by atoms with Crippen molar-refractivity contribution in [1.29, 1.82) is 0 Å². The molecule has 28 heavy (non-hydrogen) atoms. The van der Waals surface area contributed by atoms with Crippen LogP contribution in [0.25, 0.3) is 16.9 Å². The second-order valence-electron chi connectivity index (χ2n) is 6.91. The minimum Gasteiger partial charge on any atom is -0.376 e. The van der Waals surface area contributed by atoms with Gasteiger partial charge in [0.2, 0.25) is 5.91 Å². The summed E-state index contributed by atoms with van der Waals surface area (Å²) in [6.07, 6.45) is 4.38. The summed E-state index contributed by atoms with van der Waals surface area (Å²) < 4.78 is 7.39. The first-order valence-electron chi connectivity index (χ1n) is 9.47. The normalized spacial score (nSPS) is 16.2. The van der Waals surface area contributed by atoms with E-state index in [-0.39, 0.29) is 18.4 Å². The van der Waals surface area contributed by atoms with E-state index >= 15 is 0 Å². The van der Waals surface area contributed by atoms with Crippen molar-refractivity contribution < 1.29 is 9.53 Å². The van der Waals surface area contributed by atoms with E-state index in [1.165, 1.54) is 0 Å². The van der Waals surface area contributed by atoms with Gasteiger partial charge in [0.1, 0.15) is 0 Å². The molecule has 0 unspecified atom stereocenters. The summed E-state index contributed by atoms with van der Waals surface area (Å²) in [6, 6.07) is 17.4. The van der Waals surface area contributed by atoms with Crippen LogP contribution in [0.4, 0.5) is 0 Å². The van der Waals surface area contributed by atoms with Gasteiger partial charge in [-0.15, -0.1) is 0 Å². The number of amides is 1. The molecule has 4 rings (SSSR count). The van der Waals surface area contributed by atoms with Crippen molar-refractivity contribution in [3.63, 3.8) is 0 Å². The fraction of sp³-hybridized carbons (Fsp3) is 0.273. The van der Waals surface area contributed by atoms with Crippen molar-refractivity contribution in [2.75, 3.05) is 13.2 Å². The molecule has 5 nitrogen and oxygen atoms in total. The van der Waals surface area contributed by atoms with Gasteiger partial charge in [-0.1, -0.05) is 41.9 Å². The lowest BCUT2D eigenvalue weighted by Gasteiger charge is -2.10. The molecule has 1 atom stereocenters. The number of carbonyl (C=O) groups excluding carboxylic acids is 1. The lowest BCUT2D eigenvalue weighted by Crippen LogP contribution is -2.32. The van der Waals surface area contributed by atoms with E-state index in [2.05, 4.69) is 5.32 Å². The van der Waals surface area contributed by atoms with Gasteiger partial charge in [-0.05, 0) is 37.1 Å². The Bertz CT molecular complexity index is 932. The molecule has 1 aliphatic heterocycles. The van der Waals surface area contributed by atoms with Gasteiger partial charge < -0.3 is 10.1 Å². The van der Waals surface area contributed by atoms with Gasteiger partial charge >= 0.3 is 0 Å². The zero-order chi connectivity index (χ0) is 19.3. The minimum absolute atomic E-state index is 0.0293. The Hall–Kier alpha value is -2.63. The zero-order valence-corrected chi connectivity index (χ0v) is 16.2. The van der Waals surface area contributed by atoms with Gasteiger partial charge in [-0.2, -0.15) is 5.10 Å². The van der Waals surface area contributed by atoms with Crippen molar-refractivity contribution in [3.05, 3.63) is 71.4 Å². The third kappa shape index (κ3) is 4.43. The number of rotatable bonds is 6. The molecule has 0 bridgehead atoms. The number of hydrogen-bond acceptors (Lipinski definition) is 3. The van der Waals surface area contributed by atoms with Crippen molar-refractivity contribution in [3.8, 4) is 16.9 Å². The standard InChI is InChI=1S/C22H22ClN3O2/c23-18-10-8-16(9-11-18)22-17(13-21(27)24-14-20-7-4-12-28-20)15-26(25-22)19-5-2-1-3-6-19/h1-3,5-6,8-11,15,20H,4,7,12-14H2,(H,24,27)/t20-/m1/s1. The van der Waals surface area contributed by atoms with Gasteiger partial charge in [-0.3, -0.25) is 4.79 Å². The Kier molecular flexibility index (Phi) is 5.74. The molecule has 0 saturated carbocycles. The molecule has 1 saturated heterocycles. The van der Waals surface area contributed by atoms with Crippen LogP contribution in [0.2, 0.25) is 5.02 Å². The highest BCUT2D eigenvalue weighted by Gasteiger charge is 2.18. The van der Waals surface area contributed by atoms with Crippen molar-refractivity contribution in [2.45, 2.75) is 25.4 Å². The SMILES string of the molecule is O=C(Cc1cn(-c2ccccc2)nc1-c1ccc(Cl)cc1)NC[C@H]1CCCO1. The fourth-order valence-electron chi connectivity index (χ4n) is 3.37. The maximum atomic E-state index is 12.5. The van der Waals surface area contributed by atoms with Crippen LogP contribution in [0, 0.1) is 0 Å². The molecule has 1 aliphatic rings. The molecule has 0 spiro atoms. The summed E-state index contributed by atoms with van der Waals surface area (Å²) in [5.41, 5.74) is 3.54. The smallest absolute Gasteiger partial charge is 0.224 e. The van der Waals surface area contributed by atoms with E-state index < -0.39 is 0 Å². The first-order valence-corrected chi connectivity index (χ1v) is 9.85. The van der Waals surface area contributed by atoms with Crippen LogP contribution in [0.5, 0.6) is 0 Å². The van der Waals surface area contributed by atoms with Crippen molar-refractivity contribution in [1.82, 2.24) is 15.1 Å². The molecule has 1 fully saturated rings. The van der Waals surface area contributed by atoms with Gasteiger partial charge in [0.05, 0.1) is 23.9 Å². The average Bonchev–Trinajstić information content (AvgIpc) is 3.38. The van der Waals surface area contributed by atoms with Crippen LogP contribution in [0.15, 0.2) is 60.8 Å². The van der Waals surface area contributed by atoms with Crippen molar-refractivity contribution >= 4 is 17.5 Å². The molecule has 2 heterocycles. The van der Waals surface area contributed by atoms with Crippen molar-refractivity contribution in [2.24, 2.45) is 0 Å². The number of para-hydroxylation sites is 1. The number of nitrogens with zero attached hydrogens (tertiary/aromatic N) is 2. The topological polar surface area (TPSA) is 56.2 Å². The van der Waals surface area contributed by atoms with Gasteiger partial charge in [0.15, 0.2) is 0 Å². The number of benzene rings is 2. The monoisotopic (exact) mass is 395 g/mol. The summed E-state index contributed by atoms with van der Waals surface area (Å²) in [5, 5.41) is 8.40. The van der Waals surface area contributed by atoms with Crippen LogP contribution >= 0.6 is 11.6 Å². The number of carbonyl (C=O) groups is 1. The Morgan fingerprint density at radius 1 is 1.18 bits per heavy atom. The quantitative estimate of drug-likeness (QED) is 0.685. The Morgan fingerprint density at radius 2 is 1.96 bits per heavy atom. The van der Waals surface area contributed by atoms with Crippen LogP contribution < -0.4 is 5.32 Å².